The minimum Gasteiger partial charge on any atom is -0.312 e. The molecular formula is C12H16ClN. The summed E-state index contributed by atoms with van der Waals surface area (Å²) in [6, 6.07) is 8.70. The number of nitrogens with one attached hydrogen (secondary N) is 1. The predicted octanol–water partition coefficient (Wildman–Crippen LogP) is 2.79. The Morgan fingerprint density at radius 1 is 1.29 bits per heavy atom. The number of benzene rings is 1. The molecule has 1 N–H and O–H groups in total. The molecule has 0 unspecified atom stereocenters. The number of hydrogen-bond donors (Lipinski definition) is 1. The highest BCUT2D eigenvalue weighted by Crippen LogP contribution is 2.17. The third-order valence-corrected chi connectivity index (χ3v) is 2.42. The number of aryl methyl sites for hydroxylation is 1. The lowest BCUT2D eigenvalue weighted by molar-refractivity contribution is 0.739. The molecule has 0 radical (unpaired) electrons. The maximum atomic E-state index is 3.38. The lowest BCUT2D eigenvalue weighted by Gasteiger charge is -2.14. The number of rotatable bonds is 1. The van der Waals surface area contributed by atoms with E-state index in [-0.39, 0.29) is 12.4 Å². The maximum Gasteiger partial charge on any atom is 0.0208 e. The minimum atomic E-state index is 0. The lowest BCUT2D eigenvalue weighted by Crippen LogP contribution is -2.21. The van der Waals surface area contributed by atoms with Crippen LogP contribution in [0.4, 0.5) is 0 Å². The van der Waals surface area contributed by atoms with E-state index in [1.165, 1.54) is 16.7 Å². The Bertz CT molecular complexity index is 331. The maximum absolute atomic E-state index is 3.38. The Balaban J connectivity index is 0.000000980. The molecule has 2 heteroatoms. The molecule has 1 aromatic rings. The summed E-state index contributed by atoms with van der Waals surface area (Å²) in [5.41, 5.74) is 4.14. The Hall–Kier alpha value is -0.790. The van der Waals surface area contributed by atoms with Gasteiger partial charge in [-0.05, 0) is 31.0 Å². The molecule has 1 aromatic carbocycles. The highest BCUT2D eigenvalue weighted by atomic mass is 35.5. The van der Waals surface area contributed by atoms with Crippen LogP contribution in [0.15, 0.2) is 30.3 Å². The van der Waals surface area contributed by atoms with Gasteiger partial charge in [0.15, 0.2) is 0 Å². The second-order valence-electron chi connectivity index (χ2n) is 3.56. The summed E-state index contributed by atoms with van der Waals surface area (Å²) in [4.78, 5) is 0. The van der Waals surface area contributed by atoms with E-state index in [1.807, 2.05) is 0 Å². The van der Waals surface area contributed by atoms with Crippen molar-refractivity contribution in [3.8, 4) is 0 Å². The van der Waals surface area contributed by atoms with Crippen LogP contribution < -0.4 is 5.32 Å². The van der Waals surface area contributed by atoms with Gasteiger partial charge in [0.1, 0.15) is 0 Å². The van der Waals surface area contributed by atoms with Crippen LogP contribution in [-0.4, -0.2) is 13.1 Å². The summed E-state index contributed by atoms with van der Waals surface area (Å²) in [5, 5.41) is 3.38. The fourth-order valence-corrected chi connectivity index (χ4v) is 1.71. The molecule has 0 aromatic heterocycles. The second kappa shape index (κ2) is 5.18. The van der Waals surface area contributed by atoms with E-state index in [0.717, 1.165) is 19.5 Å². The van der Waals surface area contributed by atoms with Crippen molar-refractivity contribution in [3.05, 3.63) is 41.5 Å². The summed E-state index contributed by atoms with van der Waals surface area (Å²) in [6.07, 6.45) is 3.49. The molecule has 0 amide bonds. The van der Waals surface area contributed by atoms with E-state index >= 15 is 0 Å². The molecule has 1 aliphatic heterocycles. The third kappa shape index (κ3) is 2.60. The summed E-state index contributed by atoms with van der Waals surface area (Å²) < 4.78 is 0. The van der Waals surface area contributed by atoms with Gasteiger partial charge in [0, 0.05) is 6.54 Å². The van der Waals surface area contributed by atoms with E-state index in [2.05, 4.69) is 42.6 Å². The van der Waals surface area contributed by atoms with Gasteiger partial charge in [0.05, 0.1) is 0 Å². The molecular weight excluding hydrogens is 194 g/mol. The normalized spacial score (nSPS) is 15.6. The van der Waals surface area contributed by atoms with Crippen molar-refractivity contribution in [2.24, 2.45) is 0 Å². The largest absolute Gasteiger partial charge is 0.312 e. The van der Waals surface area contributed by atoms with Crippen molar-refractivity contribution < 1.29 is 0 Å². The smallest absolute Gasteiger partial charge is 0.0208 e. The van der Waals surface area contributed by atoms with Crippen LogP contribution in [0.3, 0.4) is 0 Å². The minimum absolute atomic E-state index is 0. The first kappa shape index (κ1) is 11.3. The van der Waals surface area contributed by atoms with Gasteiger partial charge < -0.3 is 5.32 Å². The molecule has 2 rings (SSSR count). The number of hydrogen-bond acceptors (Lipinski definition) is 1. The van der Waals surface area contributed by atoms with Crippen LogP contribution in [0.5, 0.6) is 0 Å². The van der Waals surface area contributed by atoms with E-state index < -0.39 is 0 Å². The first-order valence-corrected chi connectivity index (χ1v) is 4.83. The van der Waals surface area contributed by atoms with Crippen molar-refractivity contribution in [2.75, 3.05) is 13.1 Å². The monoisotopic (exact) mass is 209 g/mol. The molecule has 0 saturated carbocycles. The van der Waals surface area contributed by atoms with Crippen LogP contribution in [0.2, 0.25) is 0 Å². The van der Waals surface area contributed by atoms with E-state index in [4.69, 9.17) is 0 Å². The van der Waals surface area contributed by atoms with Gasteiger partial charge in [0.2, 0.25) is 0 Å². The zero-order valence-corrected chi connectivity index (χ0v) is 9.23. The topological polar surface area (TPSA) is 12.0 Å². The summed E-state index contributed by atoms with van der Waals surface area (Å²) in [6.45, 7) is 4.28. The van der Waals surface area contributed by atoms with Crippen molar-refractivity contribution in [3.63, 3.8) is 0 Å². The van der Waals surface area contributed by atoms with Gasteiger partial charge in [-0.3, -0.25) is 0 Å². The Morgan fingerprint density at radius 3 is 2.79 bits per heavy atom. The highest BCUT2D eigenvalue weighted by Gasteiger charge is 2.04. The molecule has 0 atom stereocenters. The highest BCUT2D eigenvalue weighted by molar-refractivity contribution is 5.85. The fraction of sp³-hybridized carbons (Fsp3) is 0.333. The molecule has 0 saturated heterocycles. The van der Waals surface area contributed by atoms with Crippen LogP contribution in [0, 0.1) is 6.92 Å². The quantitative estimate of drug-likeness (QED) is 0.750. The third-order valence-electron chi connectivity index (χ3n) is 2.42. The summed E-state index contributed by atoms with van der Waals surface area (Å²) in [7, 11) is 0. The zero-order valence-electron chi connectivity index (χ0n) is 8.42. The van der Waals surface area contributed by atoms with Crippen molar-refractivity contribution in [1.82, 2.24) is 5.32 Å². The molecule has 1 heterocycles. The van der Waals surface area contributed by atoms with E-state index in [0.29, 0.717) is 0 Å². The molecule has 14 heavy (non-hydrogen) atoms. The summed E-state index contributed by atoms with van der Waals surface area (Å²) in [5.74, 6) is 0. The molecule has 0 fully saturated rings. The van der Waals surface area contributed by atoms with E-state index in [9.17, 15) is 0 Å². The van der Waals surface area contributed by atoms with Gasteiger partial charge >= 0.3 is 0 Å². The van der Waals surface area contributed by atoms with E-state index in [1.54, 1.807) is 0 Å². The zero-order chi connectivity index (χ0) is 9.10. The second-order valence-corrected chi connectivity index (χ2v) is 3.56. The van der Waals surface area contributed by atoms with Crippen molar-refractivity contribution in [2.45, 2.75) is 13.3 Å². The van der Waals surface area contributed by atoms with Crippen LogP contribution in [0.1, 0.15) is 17.5 Å². The van der Waals surface area contributed by atoms with Gasteiger partial charge in [-0.1, -0.05) is 35.9 Å². The van der Waals surface area contributed by atoms with Crippen molar-refractivity contribution >= 4 is 18.0 Å². The van der Waals surface area contributed by atoms with Gasteiger partial charge in [-0.2, -0.15) is 0 Å². The number of halogens is 1. The standard InChI is InChI=1S/C12H15N.ClH/c1-10-4-2-5-11(8-10)12-6-3-7-13-9-12;/h2,4-6,8,13H,3,7,9H2,1H3;1H. The average molecular weight is 210 g/mol. The lowest BCUT2D eigenvalue weighted by atomic mass is 10.0. The molecule has 0 aliphatic carbocycles. The molecule has 0 spiro atoms. The fourth-order valence-electron chi connectivity index (χ4n) is 1.71. The van der Waals surface area contributed by atoms with Gasteiger partial charge in [-0.15, -0.1) is 12.4 Å². The molecule has 1 nitrogen and oxygen atoms in total. The van der Waals surface area contributed by atoms with Crippen LogP contribution >= 0.6 is 12.4 Å². The predicted molar refractivity (Wildman–Crippen MR) is 63.9 cm³/mol. The SMILES string of the molecule is Cc1cccc(C2=CCCNC2)c1.Cl. The molecule has 1 aliphatic rings. The van der Waals surface area contributed by atoms with Gasteiger partial charge in [-0.25, -0.2) is 0 Å². The van der Waals surface area contributed by atoms with Crippen LogP contribution in [0.25, 0.3) is 5.57 Å². The molecule has 0 bridgehead atoms. The first-order chi connectivity index (χ1) is 6.36. The van der Waals surface area contributed by atoms with Gasteiger partial charge in [0.25, 0.3) is 0 Å². The Kier molecular flexibility index (Phi) is 4.18. The Morgan fingerprint density at radius 2 is 2.14 bits per heavy atom. The summed E-state index contributed by atoms with van der Waals surface area (Å²) >= 11 is 0. The Labute approximate surface area is 91.6 Å². The average Bonchev–Trinajstić information content (AvgIpc) is 2.19. The van der Waals surface area contributed by atoms with Crippen LogP contribution in [-0.2, 0) is 0 Å². The first-order valence-electron chi connectivity index (χ1n) is 4.83. The van der Waals surface area contributed by atoms with Crippen molar-refractivity contribution in [1.29, 1.82) is 0 Å². The molecule has 76 valence electrons.